The third kappa shape index (κ3) is 4.66. The molecular formula is C17H22N6O4. The first-order valence-electron chi connectivity index (χ1n) is 8.76. The summed E-state index contributed by atoms with van der Waals surface area (Å²) < 4.78 is 5.58. The van der Waals surface area contributed by atoms with Gasteiger partial charge in [-0.05, 0) is 36.2 Å². The van der Waals surface area contributed by atoms with E-state index in [-0.39, 0.29) is 6.54 Å². The van der Waals surface area contributed by atoms with Gasteiger partial charge in [-0.2, -0.15) is 5.10 Å². The zero-order valence-corrected chi connectivity index (χ0v) is 14.9. The molecule has 0 aromatic heterocycles. The summed E-state index contributed by atoms with van der Waals surface area (Å²) in [6.07, 6.45) is 2.44. The molecule has 1 aromatic carbocycles. The van der Waals surface area contributed by atoms with Crippen LogP contribution in [-0.2, 0) is 4.79 Å². The molecule has 2 saturated heterocycles. The average Bonchev–Trinajstić information content (AvgIpc) is 3.13. The lowest BCUT2D eigenvalue weighted by molar-refractivity contribution is -0.121. The molecule has 10 nitrogen and oxygen atoms in total. The van der Waals surface area contributed by atoms with E-state index in [0.717, 1.165) is 24.2 Å². The Hall–Kier alpha value is -3.30. The summed E-state index contributed by atoms with van der Waals surface area (Å²) in [6, 6.07) is 6.50. The molecule has 1 aromatic rings. The summed E-state index contributed by atoms with van der Waals surface area (Å²) in [7, 11) is 0. The van der Waals surface area contributed by atoms with Crippen molar-refractivity contribution in [3.63, 3.8) is 0 Å². The number of unbranched alkanes of at least 4 members (excludes halogenated alkanes) is 1. The second-order valence-electron chi connectivity index (χ2n) is 6.18. The van der Waals surface area contributed by atoms with Crippen LogP contribution < -0.4 is 26.1 Å². The van der Waals surface area contributed by atoms with Crippen molar-refractivity contribution >= 4 is 24.2 Å². The third-order valence-electron chi connectivity index (χ3n) is 4.12. The number of amides is 5. The lowest BCUT2D eigenvalue weighted by atomic mass is 10.2. The van der Waals surface area contributed by atoms with E-state index in [1.807, 2.05) is 24.3 Å². The summed E-state index contributed by atoms with van der Waals surface area (Å²) in [5, 5.41) is 11.6. The number of rotatable bonds is 8. The van der Waals surface area contributed by atoms with Gasteiger partial charge in [0.05, 0.1) is 12.8 Å². The lowest BCUT2D eigenvalue weighted by Crippen LogP contribution is -2.47. The highest BCUT2D eigenvalue weighted by molar-refractivity contribution is 5.89. The molecular weight excluding hydrogens is 352 g/mol. The second-order valence-corrected chi connectivity index (χ2v) is 6.18. The fourth-order valence-corrected chi connectivity index (χ4v) is 2.72. The molecule has 27 heavy (non-hydrogen) atoms. The fourth-order valence-electron chi connectivity index (χ4n) is 2.72. The number of hydrogen-bond donors (Lipinski definition) is 4. The smallest absolute Gasteiger partial charge is 0.321 e. The zero-order chi connectivity index (χ0) is 19.2. The molecule has 2 atom stereocenters. The molecule has 0 unspecified atom stereocenters. The number of fused-ring (bicyclic) bond motifs is 1. The maximum absolute atomic E-state index is 12.0. The quantitative estimate of drug-likeness (QED) is 0.297. The van der Waals surface area contributed by atoms with Crippen molar-refractivity contribution in [2.24, 2.45) is 5.10 Å². The predicted octanol–water partition coefficient (Wildman–Crippen LogP) is 0.306. The molecule has 2 aliphatic rings. The van der Waals surface area contributed by atoms with E-state index in [2.05, 4.69) is 33.4 Å². The van der Waals surface area contributed by atoms with Crippen LogP contribution in [0.15, 0.2) is 29.4 Å². The van der Waals surface area contributed by atoms with Crippen molar-refractivity contribution in [2.75, 3.05) is 13.2 Å². The number of ether oxygens (including phenoxy) is 1. The Morgan fingerprint density at radius 1 is 1.26 bits per heavy atom. The van der Waals surface area contributed by atoms with E-state index in [9.17, 15) is 14.4 Å². The predicted molar refractivity (Wildman–Crippen MR) is 97.1 cm³/mol. The number of carbonyl (C=O) groups excluding carboxylic acids is 3. The maximum Gasteiger partial charge on any atom is 0.321 e. The number of nitrogens with zero attached hydrogens (tertiary/aromatic N) is 2. The third-order valence-corrected chi connectivity index (χ3v) is 4.12. The van der Waals surface area contributed by atoms with E-state index in [0.29, 0.717) is 6.61 Å². The number of nitrogens with one attached hydrogen (secondary N) is 4. The molecule has 0 bridgehead atoms. The maximum atomic E-state index is 12.0. The standard InChI is InChI=1S/C17H22N6O4/c1-2-3-8-27-12-6-4-11(5-7-12)9-18-22-13(24)10-23-15-14(20-17(23)26)19-16(25)21-15/h4-7,9,14-15H,2-3,8,10H2,1H3,(H,20,26)(H,22,24)(H2,19,21,25)/b18-9-/t14-,15-/m1/s1. The van der Waals surface area contributed by atoms with Gasteiger partial charge in [0, 0.05) is 0 Å². The first kappa shape index (κ1) is 18.5. The number of carbonyl (C=O) groups is 3. The second kappa shape index (κ2) is 8.39. The van der Waals surface area contributed by atoms with Crippen LogP contribution in [0.1, 0.15) is 25.3 Å². The summed E-state index contributed by atoms with van der Waals surface area (Å²) in [5.74, 6) is 0.314. The first-order valence-corrected chi connectivity index (χ1v) is 8.76. The summed E-state index contributed by atoms with van der Waals surface area (Å²) in [5.41, 5.74) is 3.17. The van der Waals surface area contributed by atoms with Crippen LogP contribution in [0.25, 0.3) is 0 Å². The van der Waals surface area contributed by atoms with Gasteiger partial charge in [0.15, 0.2) is 0 Å². The largest absolute Gasteiger partial charge is 0.494 e. The van der Waals surface area contributed by atoms with E-state index in [1.165, 1.54) is 11.1 Å². The Balaban J connectivity index is 1.46. The van der Waals surface area contributed by atoms with Gasteiger partial charge >= 0.3 is 12.1 Å². The summed E-state index contributed by atoms with van der Waals surface area (Å²) in [6.45, 7) is 2.56. The lowest BCUT2D eigenvalue weighted by Gasteiger charge is -2.19. The number of hydrogen-bond acceptors (Lipinski definition) is 5. The Morgan fingerprint density at radius 2 is 2.04 bits per heavy atom. The molecule has 144 valence electrons. The Kier molecular flexibility index (Phi) is 5.74. The molecule has 2 aliphatic heterocycles. The number of hydrazone groups is 1. The molecule has 5 amide bonds. The molecule has 4 N–H and O–H groups in total. The minimum Gasteiger partial charge on any atom is -0.494 e. The van der Waals surface area contributed by atoms with Gasteiger partial charge in [-0.25, -0.2) is 15.0 Å². The molecule has 0 saturated carbocycles. The molecule has 2 heterocycles. The topological polar surface area (TPSA) is 124 Å². The van der Waals surface area contributed by atoms with Gasteiger partial charge in [0.2, 0.25) is 0 Å². The zero-order valence-electron chi connectivity index (χ0n) is 14.9. The monoisotopic (exact) mass is 374 g/mol. The molecule has 2 fully saturated rings. The van der Waals surface area contributed by atoms with Gasteiger partial charge in [0.1, 0.15) is 24.6 Å². The highest BCUT2D eigenvalue weighted by Crippen LogP contribution is 2.13. The van der Waals surface area contributed by atoms with Crippen LogP contribution in [0.5, 0.6) is 5.75 Å². The SMILES string of the molecule is CCCCOc1ccc(/C=N\NC(=O)CN2C(=O)N[C@H]3NC(=O)N[C@@H]32)cc1. The van der Waals surface area contributed by atoms with E-state index >= 15 is 0 Å². The van der Waals surface area contributed by atoms with E-state index < -0.39 is 30.3 Å². The van der Waals surface area contributed by atoms with E-state index in [4.69, 9.17) is 4.74 Å². The van der Waals surface area contributed by atoms with Crippen LogP contribution in [0.3, 0.4) is 0 Å². The highest BCUT2D eigenvalue weighted by Gasteiger charge is 2.45. The van der Waals surface area contributed by atoms with Gasteiger partial charge in [0.25, 0.3) is 5.91 Å². The van der Waals surface area contributed by atoms with Gasteiger partial charge in [-0.3, -0.25) is 9.69 Å². The Morgan fingerprint density at radius 3 is 2.78 bits per heavy atom. The van der Waals surface area contributed by atoms with Crippen molar-refractivity contribution in [3.8, 4) is 5.75 Å². The molecule has 0 radical (unpaired) electrons. The van der Waals surface area contributed by atoms with E-state index in [1.54, 1.807) is 0 Å². The first-order chi connectivity index (χ1) is 13.1. The summed E-state index contributed by atoms with van der Waals surface area (Å²) in [4.78, 5) is 36.4. The van der Waals surface area contributed by atoms with Crippen molar-refractivity contribution in [1.29, 1.82) is 0 Å². The van der Waals surface area contributed by atoms with Crippen LogP contribution in [0, 0.1) is 0 Å². The normalized spacial score (nSPS) is 20.9. The van der Waals surface area contributed by atoms with Crippen LogP contribution in [-0.4, -0.2) is 54.6 Å². The fraction of sp³-hybridized carbons (Fsp3) is 0.412. The van der Waals surface area contributed by atoms with Crippen LogP contribution >= 0.6 is 0 Å². The molecule has 3 rings (SSSR count). The van der Waals surface area contributed by atoms with Gasteiger partial charge in [-0.15, -0.1) is 0 Å². The van der Waals surface area contributed by atoms with Gasteiger partial charge < -0.3 is 20.7 Å². The Bertz CT molecular complexity index is 735. The van der Waals surface area contributed by atoms with Crippen molar-refractivity contribution < 1.29 is 19.1 Å². The molecule has 0 aliphatic carbocycles. The molecule has 0 spiro atoms. The van der Waals surface area contributed by atoms with Crippen LogP contribution in [0.4, 0.5) is 9.59 Å². The average molecular weight is 374 g/mol. The summed E-state index contributed by atoms with van der Waals surface area (Å²) >= 11 is 0. The van der Waals surface area contributed by atoms with Crippen LogP contribution in [0.2, 0.25) is 0 Å². The van der Waals surface area contributed by atoms with Gasteiger partial charge in [-0.1, -0.05) is 13.3 Å². The Labute approximate surface area is 156 Å². The minimum absolute atomic E-state index is 0.226. The minimum atomic E-state index is -0.597. The van der Waals surface area contributed by atoms with Crippen molar-refractivity contribution in [1.82, 2.24) is 26.3 Å². The van der Waals surface area contributed by atoms with Crippen molar-refractivity contribution in [2.45, 2.75) is 32.1 Å². The highest BCUT2D eigenvalue weighted by atomic mass is 16.5. The molecule has 10 heteroatoms. The van der Waals surface area contributed by atoms with Crippen molar-refractivity contribution in [3.05, 3.63) is 29.8 Å². The number of urea groups is 2. The number of benzene rings is 1.